The van der Waals surface area contributed by atoms with Gasteiger partial charge in [-0.2, -0.15) is 0 Å². The van der Waals surface area contributed by atoms with Gasteiger partial charge in [-0.1, -0.05) is 6.92 Å². The molecule has 3 nitrogen and oxygen atoms in total. The highest BCUT2D eigenvalue weighted by atomic mass is 16.6. The van der Waals surface area contributed by atoms with E-state index in [2.05, 4.69) is 5.32 Å². The quantitative estimate of drug-likeness (QED) is 0.577. The largest absolute Gasteiger partial charge is 0.356 e. The van der Waals surface area contributed by atoms with Gasteiger partial charge < -0.3 is 9.84 Å². The van der Waals surface area contributed by atoms with Crippen LogP contribution < -0.4 is 5.32 Å². The average molecular weight is 147 g/mol. The van der Waals surface area contributed by atoms with E-state index in [0.717, 1.165) is 0 Å². The lowest BCUT2D eigenvalue weighted by Crippen LogP contribution is -2.37. The zero-order chi connectivity index (χ0) is 8.20. The normalized spacial score (nSPS) is 15.3. The molecule has 2 N–H and O–H groups in total. The van der Waals surface area contributed by atoms with E-state index in [1.807, 2.05) is 27.7 Å². The fourth-order valence-corrected chi connectivity index (χ4v) is 0.551. The number of hydrogen-bond donors (Lipinski definition) is 2. The van der Waals surface area contributed by atoms with Gasteiger partial charge in [-0.25, -0.2) is 0 Å². The van der Waals surface area contributed by atoms with Crippen molar-refractivity contribution in [3.63, 3.8) is 0 Å². The zero-order valence-electron chi connectivity index (χ0n) is 7.14. The van der Waals surface area contributed by atoms with E-state index in [-0.39, 0.29) is 5.60 Å². The third-order valence-corrected chi connectivity index (χ3v) is 0.844. The second-order valence-electron chi connectivity index (χ2n) is 3.14. The summed E-state index contributed by atoms with van der Waals surface area (Å²) in [6.07, 6.45) is -0.843. The highest BCUT2D eigenvalue weighted by Crippen LogP contribution is 2.07. The molecule has 0 aliphatic rings. The van der Waals surface area contributed by atoms with Gasteiger partial charge in [0.15, 0.2) is 0 Å². The second kappa shape index (κ2) is 3.91. The van der Waals surface area contributed by atoms with Crippen molar-refractivity contribution in [3.05, 3.63) is 0 Å². The van der Waals surface area contributed by atoms with Gasteiger partial charge in [-0.05, 0) is 27.3 Å². The Morgan fingerprint density at radius 3 is 2.30 bits per heavy atom. The predicted molar refractivity (Wildman–Crippen MR) is 40.5 cm³/mol. The maximum Gasteiger partial charge on any atom is 0.213 e. The summed E-state index contributed by atoms with van der Waals surface area (Å²) in [5, 5.41) is 11.8. The number of ether oxygens (including phenoxy) is 1. The lowest BCUT2D eigenvalue weighted by atomic mass is 10.2. The molecule has 0 rings (SSSR count). The summed E-state index contributed by atoms with van der Waals surface area (Å²) in [7, 11) is 0. The number of rotatable bonds is 3. The smallest absolute Gasteiger partial charge is 0.213 e. The highest BCUT2D eigenvalue weighted by molar-refractivity contribution is 4.58. The van der Waals surface area contributed by atoms with E-state index in [0.29, 0.717) is 6.54 Å². The first kappa shape index (κ1) is 9.88. The molecule has 0 saturated carbocycles. The van der Waals surface area contributed by atoms with Gasteiger partial charge in [0.25, 0.3) is 0 Å². The van der Waals surface area contributed by atoms with Crippen molar-refractivity contribution in [3.8, 4) is 0 Å². The molecule has 3 heteroatoms. The summed E-state index contributed by atoms with van der Waals surface area (Å²) in [6.45, 7) is 8.31. The van der Waals surface area contributed by atoms with Crippen LogP contribution in [-0.2, 0) is 4.74 Å². The summed E-state index contributed by atoms with van der Waals surface area (Å²) < 4.78 is 5.12. The van der Waals surface area contributed by atoms with Crippen molar-refractivity contribution in [1.29, 1.82) is 0 Å². The molecule has 0 saturated heterocycles. The van der Waals surface area contributed by atoms with Crippen molar-refractivity contribution < 1.29 is 9.84 Å². The number of aliphatic hydroxyl groups is 1. The summed E-state index contributed by atoms with van der Waals surface area (Å²) in [5.74, 6) is 0. The minimum Gasteiger partial charge on any atom is -0.356 e. The van der Waals surface area contributed by atoms with Crippen molar-refractivity contribution >= 4 is 0 Å². The molecule has 1 atom stereocenters. The highest BCUT2D eigenvalue weighted by Gasteiger charge is 2.14. The third kappa shape index (κ3) is 6.01. The Hall–Kier alpha value is -0.120. The standard InChI is InChI=1S/C7H17NO2/c1-5-8-6(9)10-7(2,3)4/h6,8-9H,5H2,1-4H3/t6-/m0/s1. The lowest BCUT2D eigenvalue weighted by molar-refractivity contribution is -0.180. The van der Waals surface area contributed by atoms with Gasteiger partial charge >= 0.3 is 0 Å². The summed E-state index contributed by atoms with van der Waals surface area (Å²) >= 11 is 0. The van der Waals surface area contributed by atoms with Crippen LogP contribution in [0.1, 0.15) is 27.7 Å². The van der Waals surface area contributed by atoms with Crippen LogP contribution in [0.3, 0.4) is 0 Å². The van der Waals surface area contributed by atoms with Crippen LogP contribution >= 0.6 is 0 Å². The molecule has 0 fully saturated rings. The molecule has 62 valence electrons. The Kier molecular flexibility index (Phi) is 3.86. The summed E-state index contributed by atoms with van der Waals surface area (Å²) in [6, 6.07) is 0. The minimum atomic E-state index is -0.843. The van der Waals surface area contributed by atoms with E-state index in [1.54, 1.807) is 0 Å². The Morgan fingerprint density at radius 2 is 2.00 bits per heavy atom. The molecule has 10 heavy (non-hydrogen) atoms. The van der Waals surface area contributed by atoms with Gasteiger partial charge in [-0.15, -0.1) is 0 Å². The Bertz CT molecular complexity index is 88.1. The van der Waals surface area contributed by atoms with Crippen LogP contribution in [0.5, 0.6) is 0 Å². The topological polar surface area (TPSA) is 41.5 Å². The van der Waals surface area contributed by atoms with Crippen LogP contribution in [0.25, 0.3) is 0 Å². The van der Waals surface area contributed by atoms with Crippen LogP contribution in [0.4, 0.5) is 0 Å². The molecule has 0 aromatic rings. The van der Waals surface area contributed by atoms with Crippen LogP contribution in [0.2, 0.25) is 0 Å². The molecule has 0 amide bonds. The van der Waals surface area contributed by atoms with Crippen LogP contribution in [-0.4, -0.2) is 23.7 Å². The monoisotopic (exact) mass is 147 g/mol. The molecular weight excluding hydrogens is 130 g/mol. The molecule has 0 spiro atoms. The Morgan fingerprint density at radius 1 is 1.50 bits per heavy atom. The van der Waals surface area contributed by atoms with E-state index in [1.165, 1.54) is 0 Å². The summed E-state index contributed by atoms with van der Waals surface area (Å²) in [4.78, 5) is 0. The van der Waals surface area contributed by atoms with E-state index >= 15 is 0 Å². The summed E-state index contributed by atoms with van der Waals surface area (Å²) in [5.41, 5.74) is -0.290. The molecular formula is C7H17NO2. The first-order valence-corrected chi connectivity index (χ1v) is 3.55. The van der Waals surface area contributed by atoms with Gasteiger partial charge in [0.05, 0.1) is 5.60 Å². The number of aliphatic hydroxyl groups excluding tert-OH is 1. The van der Waals surface area contributed by atoms with Crippen molar-refractivity contribution in [2.45, 2.75) is 39.7 Å². The molecule has 0 unspecified atom stereocenters. The molecule has 0 bridgehead atoms. The number of nitrogens with one attached hydrogen (secondary N) is 1. The van der Waals surface area contributed by atoms with Crippen molar-refractivity contribution in [1.82, 2.24) is 5.32 Å². The van der Waals surface area contributed by atoms with Gasteiger partial charge in [0, 0.05) is 0 Å². The maximum absolute atomic E-state index is 9.05. The molecule has 0 heterocycles. The fourth-order valence-electron chi connectivity index (χ4n) is 0.551. The Labute approximate surface area is 62.4 Å². The van der Waals surface area contributed by atoms with Gasteiger partial charge in [0.1, 0.15) is 0 Å². The minimum absolute atomic E-state index is 0.290. The van der Waals surface area contributed by atoms with Crippen LogP contribution in [0, 0.1) is 0 Å². The molecule has 0 aliphatic carbocycles. The zero-order valence-corrected chi connectivity index (χ0v) is 7.14. The predicted octanol–water partition coefficient (Wildman–Crippen LogP) is 0.687. The van der Waals surface area contributed by atoms with Crippen molar-refractivity contribution in [2.75, 3.05) is 6.54 Å². The van der Waals surface area contributed by atoms with E-state index < -0.39 is 6.41 Å². The third-order valence-electron chi connectivity index (χ3n) is 0.844. The van der Waals surface area contributed by atoms with E-state index in [9.17, 15) is 0 Å². The fraction of sp³-hybridized carbons (Fsp3) is 1.00. The van der Waals surface area contributed by atoms with Crippen LogP contribution in [0.15, 0.2) is 0 Å². The SMILES string of the molecule is CCN[C@@H](O)OC(C)(C)C. The first-order valence-electron chi connectivity index (χ1n) is 3.55. The van der Waals surface area contributed by atoms with Gasteiger partial charge in [-0.3, -0.25) is 5.32 Å². The molecule has 0 aromatic heterocycles. The lowest BCUT2D eigenvalue weighted by Gasteiger charge is -2.23. The average Bonchev–Trinajstić information content (AvgIpc) is 1.59. The van der Waals surface area contributed by atoms with Crippen molar-refractivity contribution in [2.24, 2.45) is 0 Å². The molecule has 0 radical (unpaired) electrons. The number of hydrogen-bond acceptors (Lipinski definition) is 3. The van der Waals surface area contributed by atoms with E-state index in [4.69, 9.17) is 9.84 Å². The second-order valence-corrected chi connectivity index (χ2v) is 3.14. The van der Waals surface area contributed by atoms with Gasteiger partial charge in [0.2, 0.25) is 6.41 Å². The Balaban J connectivity index is 3.47. The maximum atomic E-state index is 9.05. The first-order chi connectivity index (χ1) is 4.45. The molecule has 0 aromatic carbocycles. The molecule has 0 aliphatic heterocycles.